The molecule has 0 aliphatic rings. The van der Waals surface area contributed by atoms with Gasteiger partial charge in [0.1, 0.15) is 12.6 Å². The Balaban J connectivity index is 2.74. The Morgan fingerprint density at radius 3 is 1.62 bits per heavy atom. The van der Waals surface area contributed by atoms with Gasteiger partial charge in [-0.25, -0.2) is 0 Å². The number of hydrogen-bond acceptors (Lipinski definition) is 4. The summed E-state index contributed by atoms with van der Waals surface area (Å²) in [7, 11) is 0. The molecule has 1 aromatic carbocycles. The Bertz CT molecular complexity index is 372. The Kier molecular flexibility index (Phi) is 6.37. The van der Waals surface area contributed by atoms with E-state index in [1.165, 1.54) is 35.7 Å². The molecule has 0 atom stereocenters. The molecule has 0 spiro atoms. The van der Waals surface area contributed by atoms with Crippen LogP contribution in [0.5, 0.6) is 0 Å². The van der Waals surface area contributed by atoms with E-state index in [2.05, 4.69) is 0 Å². The van der Waals surface area contributed by atoms with Crippen molar-refractivity contribution in [3.63, 3.8) is 0 Å². The van der Waals surface area contributed by atoms with Gasteiger partial charge in [-0.05, 0) is 35.1 Å². The molecule has 0 saturated heterocycles. The zero-order valence-electron chi connectivity index (χ0n) is 8.41. The van der Waals surface area contributed by atoms with E-state index >= 15 is 0 Å². The van der Waals surface area contributed by atoms with Crippen molar-refractivity contribution in [3.8, 4) is 0 Å². The maximum absolute atomic E-state index is 10.1. The van der Waals surface area contributed by atoms with E-state index in [0.29, 0.717) is 0 Å². The van der Waals surface area contributed by atoms with Crippen LogP contribution in [0.1, 0.15) is 0 Å². The molecule has 4 heteroatoms. The van der Waals surface area contributed by atoms with Gasteiger partial charge in [0.15, 0.2) is 0 Å². The average molecular weight is 250 g/mol. The zero-order chi connectivity index (χ0) is 11.6. The lowest BCUT2D eigenvalue weighted by atomic mass is 10.4. The number of thioether (sulfide) groups is 2. The highest BCUT2D eigenvalue weighted by atomic mass is 32.2. The monoisotopic (exact) mass is 250 g/mol. The average Bonchev–Trinajstić information content (AvgIpc) is 2.32. The number of allylic oxidation sites excluding steroid dienone is 2. The van der Waals surface area contributed by atoms with Crippen molar-refractivity contribution in [3.05, 3.63) is 47.2 Å². The van der Waals surface area contributed by atoms with Crippen molar-refractivity contribution < 1.29 is 9.59 Å². The van der Waals surface area contributed by atoms with E-state index < -0.39 is 0 Å². The van der Waals surface area contributed by atoms with E-state index in [1.54, 1.807) is 10.8 Å². The molecular formula is C12H10O2S2. The van der Waals surface area contributed by atoms with Crippen LogP contribution in [0.15, 0.2) is 57.0 Å². The molecule has 1 rings (SSSR count). The van der Waals surface area contributed by atoms with Gasteiger partial charge in [0.05, 0.1) is 0 Å². The van der Waals surface area contributed by atoms with Gasteiger partial charge < -0.3 is 0 Å². The summed E-state index contributed by atoms with van der Waals surface area (Å²) in [5, 5.41) is 3.46. The van der Waals surface area contributed by atoms with Crippen molar-refractivity contribution in [1.82, 2.24) is 0 Å². The quantitative estimate of drug-likeness (QED) is 0.441. The number of rotatable bonds is 6. The highest BCUT2D eigenvalue weighted by Gasteiger charge is 1.98. The number of benzene rings is 1. The fraction of sp³-hybridized carbons (Fsp3) is 0. The standard InChI is InChI=1S/C12H10O2S2/c13-7-3-9-15-11-5-1-2-6-12(11)16-10-4-8-14/h1-10H/b9-3+,10-4+. The first kappa shape index (κ1) is 12.8. The van der Waals surface area contributed by atoms with Gasteiger partial charge in [0, 0.05) is 9.79 Å². The van der Waals surface area contributed by atoms with Crippen LogP contribution in [0, 0.1) is 0 Å². The summed E-state index contributed by atoms with van der Waals surface area (Å²) in [6.45, 7) is 0. The van der Waals surface area contributed by atoms with Crippen molar-refractivity contribution >= 4 is 36.1 Å². The van der Waals surface area contributed by atoms with Crippen molar-refractivity contribution in [1.29, 1.82) is 0 Å². The molecule has 0 heterocycles. The molecule has 0 aliphatic heterocycles. The molecule has 0 bridgehead atoms. The predicted molar refractivity (Wildman–Crippen MR) is 68.6 cm³/mol. The highest BCUT2D eigenvalue weighted by Crippen LogP contribution is 2.31. The Hall–Kier alpha value is -1.26. The van der Waals surface area contributed by atoms with Crippen LogP contribution < -0.4 is 0 Å². The summed E-state index contributed by atoms with van der Waals surface area (Å²) >= 11 is 2.95. The lowest BCUT2D eigenvalue weighted by molar-refractivity contribution is -0.104. The van der Waals surface area contributed by atoms with E-state index in [9.17, 15) is 9.59 Å². The minimum absolute atomic E-state index is 0.745. The third-order valence-electron chi connectivity index (χ3n) is 1.55. The second-order valence-electron chi connectivity index (χ2n) is 2.61. The predicted octanol–water partition coefficient (Wildman–Crippen LogP) is 3.30. The number of aldehydes is 2. The molecule has 0 amide bonds. The first-order valence-corrected chi connectivity index (χ1v) is 6.27. The fourth-order valence-electron chi connectivity index (χ4n) is 0.934. The first-order valence-electron chi connectivity index (χ1n) is 4.51. The summed E-state index contributed by atoms with van der Waals surface area (Å²) in [5.74, 6) is 0. The minimum atomic E-state index is 0.745. The molecule has 0 N–H and O–H groups in total. The fourth-order valence-corrected chi connectivity index (χ4v) is 2.48. The van der Waals surface area contributed by atoms with Crippen LogP contribution in [0.3, 0.4) is 0 Å². The summed E-state index contributed by atoms with van der Waals surface area (Å²) in [6, 6.07) is 7.81. The molecule has 0 unspecified atom stereocenters. The normalized spacial score (nSPS) is 11.0. The number of carbonyl (C=O) groups is 2. The topological polar surface area (TPSA) is 34.1 Å². The molecule has 0 radical (unpaired) electrons. The lowest BCUT2D eigenvalue weighted by Gasteiger charge is -2.02. The smallest absolute Gasteiger partial charge is 0.143 e. The van der Waals surface area contributed by atoms with Gasteiger partial charge in [-0.3, -0.25) is 9.59 Å². The van der Waals surface area contributed by atoms with E-state index in [1.807, 2.05) is 24.3 Å². The maximum Gasteiger partial charge on any atom is 0.143 e. The van der Waals surface area contributed by atoms with Crippen molar-refractivity contribution in [2.24, 2.45) is 0 Å². The van der Waals surface area contributed by atoms with Gasteiger partial charge in [0.25, 0.3) is 0 Å². The van der Waals surface area contributed by atoms with Crippen LogP contribution in [-0.2, 0) is 9.59 Å². The van der Waals surface area contributed by atoms with Crippen LogP contribution >= 0.6 is 23.5 Å². The Morgan fingerprint density at radius 1 is 0.812 bits per heavy atom. The molecule has 0 saturated carbocycles. The minimum Gasteiger partial charge on any atom is -0.299 e. The highest BCUT2D eigenvalue weighted by molar-refractivity contribution is 8.05. The van der Waals surface area contributed by atoms with Gasteiger partial charge in [-0.1, -0.05) is 35.7 Å². The van der Waals surface area contributed by atoms with Gasteiger partial charge in [-0.2, -0.15) is 0 Å². The van der Waals surface area contributed by atoms with Gasteiger partial charge in [-0.15, -0.1) is 0 Å². The largest absolute Gasteiger partial charge is 0.299 e. The van der Waals surface area contributed by atoms with Crippen LogP contribution in [-0.4, -0.2) is 12.6 Å². The van der Waals surface area contributed by atoms with Gasteiger partial charge >= 0.3 is 0 Å². The SMILES string of the molecule is O=C/C=C/Sc1ccccc1S/C=C/C=O. The van der Waals surface area contributed by atoms with E-state index in [-0.39, 0.29) is 0 Å². The molecular weight excluding hydrogens is 240 g/mol. The maximum atomic E-state index is 10.1. The summed E-state index contributed by atoms with van der Waals surface area (Å²) in [4.78, 5) is 22.4. The second-order valence-corrected chi connectivity index (χ2v) is 4.51. The van der Waals surface area contributed by atoms with Crippen LogP contribution in [0.4, 0.5) is 0 Å². The molecule has 16 heavy (non-hydrogen) atoms. The van der Waals surface area contributed by atoms with E-state index in [0.717, 1.165) is 22.4 Å². The van der Waals surface area contributed by atoms with Crippen molar-refractivity contribution in [2.45, 2.75) is 9.79 Å². The second kappa shape index (κ2) is 7.96. The van der Waals surface area contributed by atoms with E-state index in [4.69, 9.17) is 0 Å². The zero-order valence-corrected chi connectivity index (χ0v) is 10.0. The van der Waals surface area contributed by atoms with Gasteiger partial charge in [0.2, 0.25) is 0 Å². The summed E-state index contributed by atoms with van der Waals surface area (Å²) in [5.41, 5.74) is 0. The van der Waals surface area contributed by atoms with Crippen molar-refractivity contribution in [2.75, 3.05) is 0 Å². The Labute approximate surface area is 103 Å². The third-order valence-corrected chi connectivity index (χ3v) is 3.49. The summed E-state index contributed by atoms with van der Waals surface area (Å²) in [6.07, 6.45) is 4.39. The summed E-state index contributed by atoms with van der Waals surface area (Å²) < 4.78 is 0. The third kappa shape index (κ3) is 4.51. The first-order chi connectivity index (χ1) is 7.88. The molecule has 1 aromatic rings. The molecule has 2 nitrogen and oxygen atoms in total. The molecule has 0 aromatic heterocycles. The number of carbonyl (C=O) groups excluding carboxylic acids is 2. The molecule has 0 aliphatic carbocycles. The van der Waals surface area contributed by atoms with Crippen LogP contribution in [0.25, 0.3) is 0 Å². The lowest BCUT2D eigenvalue weighted by Crippen LogP contribution is -1.74. The Morgan fingerprint density at radius 2 is 1.25 bits per heavy atom. The molecule has 82 valence electrons. The van der Waals surface area contributed by atoms with Crippen LogP contribution in [0.2, 0.25) is 0 Å². The number of hydrogen-bond donors (Lipinski definition) is 0. The molecule has 0 fully saturated rings.